The Hall–Kier alpha value is -2.35. The molecular formula is C27H35FO7. The largest absolute Gasteiger partial charge is 0.458 e. The van der Waals surface area contributed by atoms with E-state index in [9.17, 15) is 24.3 Å². The highest BCUT2D eigenvalue weighted by Gasteiger charge is 2.77. The Kier molecular flexibility index (Phi) is 6.14. The van der Waals surface area contributed by atoms with Crippen LogP contribution in [0.25, 0.3) is 0 Å². The molecule has 4 aliphatic carbocycles. The van der Waals surface area contributed by atoms with Crippen molar-refractivity contribution in [3.63, 3.8) is 0 Å². The molecule has 0 unspecified atom stereocenters. The molecule has 192 valence electrons. The second kappa shape index (κ2) is 8.36. The number of halogens is 1. The van der Waals surface area contributed by atoms with Crippen LogP contribution in [0, 0.1) is 28.6 Å². The number of alkyl halides is 1. The van der Waals surface area contributed by atoms with Crippen molar-refractivity contribution in [1.82, 2.24) is 0 Å². The highest BCUT2D eigenvalue weighted by molar-refractivity contribution is 6.01. The van der Waals surface area contributed by atoms with E-state index >= 15 is 4.39 Å². The fraction of sp³-hybridized carbons (Fsp3) is 0.704. The fourth-order valence-corrected chi connectivity index (χ4v) is 7.92. The monoisotopic (exact) mass is 490 g/mol. The minimum absolute atomic E-state index is 0.0418. The van der Waals surface area contributed by atoms with Gasteiger partial charge in [-0.2, -0.15) is 0 Å². The Morgan fingerprint density at radius 2 is 1.91 bits per heavy atom. The Labute approximate surface area is 205 Å². The van der Waals surface area contributed by atoms with Crippen molar-refractivity contribution in [3.8, 4) is 0 Å². The molecule has 8 heteroatoms. The van der Waals surface area contributed by atoms with Crippen LogP contribution in [-0.4, -0.2) is 52.6 Å². The number of hydrogen-bond acceptors (Lipinski definition) is 7. The van der Waals surface area contributed by atoms with E-state index in [4.69, 9.17) is 9.47 Å². The van der Waals surface area contributed by atoms with Crippen LogP contribution >= 0.6 is 0 Å². The first-order valence-corrected chi connectivity index (χ1v) is 12.5. The molecule has 0 radical (unpaired) electrons. The van der Waals surface area contributed by atoms with Crippen molar-refractivity contribution in [2.45, 2.75) is 84.1 Å². The van der Waals surface area contributed by atoms with Crippen LogP contribution in [0.5, 0.6) is 0 Å². The summed E-state index contributed by atoms with van der Waals surface area (Å²) in [6.45, 7) is 7.59. The van der Waals surface area contributed by atoms with Gasteiger partial charge in [-0.1, -0.05) is 32.4 Å². The lowest BCUT2D eigenvalue weighted by atomic mass is 9.44. The summed E-state index contributed by atoms with van der Waals surface area (Å²) in [5.41, 5.74) is -5.26. The number of aliphatic hydroxyl groups excluding tert-OH is 1. The summed E-state index contributed by atoms with van der Waals surface area (Å²) in [4.78, 5) is 49.8. The van der Waals surface area contributed by atoms with Crippen LogP contribution in [0.4, 0.5) is 4.39 Å². The van der Waals surface area contributed by atoms with Crippen molar-refractivity contribution in [2.24, 2.45) is 28.6 Å². The van der Waals surface area contributed by atoms with Crippen molar-refractivity contribution in [3.05, 3.63) is 23.8 Å². The number of esters is 2. The van der Waals surface area contributed by atoms with E-state index in [0.29, 0.717) is 24.8 Å². The molecule has 0 saturated heterocycles. The number of aliphatic hydroxyl groups is 1. The first-order valence-electron chi connectivity index (χ1n) is 12.5. The minimum Gasteiger partial charge on any atom is -0.458 e. The smallest absolute Gasteiger partial charge is 0.306 e. The molecule has 35 heavy (non-hydrogen) atoms. The zero-order chi connectivity index (χ0) is 26.0. The van der Waals surface area contributed by atoms with E-state index < -0.39 is 64.4 Å². The predicted octanol–water partition coefficient (Wildman–Crippen LogP) is 3.43. The van der Waals surface area contributed by atoms with E-state index in [2.05, 4.69) is 0 Å². The molecule has 4 rings (SSSR count). The van der Waals surface area contributed by atoms with E-state index in [1.165, 1.54) is 19.1 Å². The first-order chi connectivity index (χ1) is 16.3. The number of rotatable bonds is 5. The summed E-state index contributed by atoms with van der Waals surface area (Å²) in [5.74, 6) is -3.41. The second-order valence-corrected chi connectivity index (χ2v) is 11.2. The highest BCUT2D eigenvalue weighted by Crippen LogP contribution is 2.71. The number of Topliss-reactive ketones (excluding diaryl/α,β-unsaturated/α-hetero) is 1. The van der Waals surface area contributed by atoms with Gasteiger partial charge in [0.25, 0.3) is 0 Å². The van der Waals surface area contributed by atoms with Gasteiger partial charge in [-0.25, -0.2) is 4.39 Å². The van der Waals surface area contributed by atoms with E-state index in [1.54, 1.807) is 33.8 Å². The molecule has 0 spiro atoms. The van der Waals surface area contributed by atoms with Crippen LogP contribution in [0.15, 0.2) is 23.8 Å². The Morgan fingerprint density at radius 1 is 1.23 bits per heavy atom. The molecule has 7 nitrogen and oxygen atoms in total. The molecule has 0 heterocycles. The van der Waals surface area contributed by atoms with Crippen molar-refractivity contribution in [2.75, 3.05) is 6.61 Å². The third-order valence-electron chi connectivity index (χ3n) is 9.57. The van der Waals surface area contributed by atoms with Crippen molar-refractivity contribution < 1.29 is 38.1 Å². The summed E-state index contributed by atoms with van der Waals surface area (Å²) in [7, 11) is 0. The maximum absolute atomic E-state index is 17.3. The summed E-state index contributed by atoms with van der Waals surface area (Å²) in [6.07, 6.45) is 4.21. The molecule has 0 amide bonds. The maximum atomic E-state index is 17.3. The average molecular weight is 491 g/mol. The zero-order valence-corrected chi connectivity index (χ0v) is 21.1. The molecule has 0 bridgehead atoms. The predicted molar refractivity (Wildman–Crippen MR) is 124 cm³/mol. The lowest BCUT2D eigenvalue weighted by Gasteiger charge is -2.62. The number of carbonyl (C=O) groups excluding carboxylic acids is 4. The van der Waals surface area contributed by atoms with Crippen LogP contribution < -0.4 is 0 Å². The SMILES string of the molecule is CCC(=O)O[C@@]1(C(=O)COC(C)=O)[C@@H](C)C[C@@H]2[C@@H]3CCC4=CC(=O)C=C[C@]4(C)[C@]3(F)[C@@H](O)C[C@@]21C. The quantitative estimate of drug-likeness (QED) is 0.589. The van der Waals surface area contributed by atoms with Gasteiger partial charge in [0.15, 0.2) is 23.7 Å². The highest BCUT2D eigenvalue weighted by atomic mass is 19.1. The zero-order valence-electron chi connectivity index (χ0n) is 21.1. The fourth-order valence-electron chi connectivity index (χ4n) is 7.92. The lowest BCUT2D eigenvalue weighted by molar-refractivity contribution is -0.228. The normalized spacial score (nSPS) is 44.0. The third-order valence-corrected chi connectivity index (χ3v) is 9.57. The van der Waals surface area contributed by atoms with Gasteiger partial charge in [0.1, 0.15) is 0 Å². The van der Waals surface area contributed by atoms with E-state index in [-0.39, 0.29) is 24.5 Å². The van der Waals surface area contributed by atoms with Crippen molar-refractivity contribution >= 4 is 23.5 Å². The van der Waals surface area contributed by atoms with Crippen LogP contribution in [-0.2, 0) is 28.7 Å². The maximum Gasteiger partial charge on any atom is 0.306 e. The van der Waals surface area contributed by atoms with Crippen LogP contribution in [0.1, 0.15) is 66.7 Å². The summed E-state index contributed by atoms with van der Waals surface area (Å²) >= 11 is 0. The number of ketones is 2. The number of hydrogen-bond donors (Lipinski definition) is 1. The minimum atomic E-state index is -2.05. The van der Waals surface area contributed by atoms with Gasteiger partial charge in [-0.05, 0) is 50.7 Å². The average Bonchev–Trinajstić information content (AvgIpc) is 3.00. The van der Waals surface area contributed by atoms with Crippen molar-refractivity contribution in [1.29, 1.82) is 0 Å². The molecule has 0 aromatic rings. The summed E-state index contributed by atoms with van der Waals surface area (Å²) in [6, 6.07) is 0. The Morgan fingerprint density at radius 3 is 2.54 bits per heavy atom. The Bertz CT molecular complexity index is 1030. The lowest BCUT2D eigenvalue weighted by Crippen LogP contribution is -2.70. The summed E-state index contributed by atoms with van der Waals surface area (Å²) < 4.78 is 28.3. The second-order valence-electron chi connectivity index (χ2n) is 11.2. The molecule has 0 aromatic heterocycles. The van der Waals surface area contributed by atoms with Crippen LogP contribution in [0.3, 0.4) is 0 Å². The number of ether oxygens (including phenoxy) is 2. The summed E-state index contributed by atoms with van der Waals surface area (Å²) in [5, 5.41) is 11.5. The molecule has 3 saturated carbocycles. The van der Waals surface area contributed by atoms with Gasteiger partial charge in [0.2, 0.25) is 5.78 Å². The number of allylic oxidation sites excluding steroid dienone is 4. The Balaban J connectivity index is 1.82. The molecule has 4 aliphatic rings. The third kappa shape index (κ3) is 3.31. The molecule has 1 N–H and O–H groups in total. The number of carbonyl (C=O) groups is 4. The molecular weight excluding hydrogens is 455 g/mol. The standard InChI is InChI=1S/C27H35FO7/c1-6-23(33)35-27(22(32)14-34-16(3)29)15(2)11-20-19-8-7-17-12-18(30)9-10-24(17,4)26(19,28)21(31)13-25(20,27)5/h9-10,12,15,19-21,31H,6-8,11,13-14H2,1-5H3/t15-,19-,20+,21-,24-,25-,26+,27+/m0/s1. The van der Waals surface area contributed by atoms with Gasteiger partial charge in [0.05, 0.1) is 6.10 Å². The molecule has 0 aromatic carbocycles. The molecule has 3 fully saturated rings. The topological polar surface area (TPSA) is 107 Å². The molecule has 8 atom stereocenters. The van der Waals surface area contributed by atoms with Gasteiger partial charge >= 0.3 is 11.9 Å². The van der Waals surface area contributed by atoms with Gasteiger partial charge in [0, 0.05) is 36.0 Å². The van der Waals surface area contributed by atoms with Crippen LogP contribution in [0.2, 0.25) is 0 Å². The first kappa shape index (κ1) is 25.7. The molecule has 0 aliphatic heterocycles. The van der Waals surface area contributed by atoms with E-state index in [0.717, 1.165) is 0 Å². The number of fused-ring (bicyclic) bond motifs is 5. The van der Waals surface area contributed by atoms with Gasteiger partial charge in [-0.3, -0.25) is 19.2 Å². The van der Waals surface area contributed by atoms with Gasteiger partial charge in [-0.15, -0.1) is 0 Å². The van der Waals surface area contributed by atoms with E-state index in [1.807, 2.05) is 0 Å². The van der Waals surface area contributed by atoms with Gasteiger partial charge < -0.3 is 14.6 Å².